The smallest absolute Gasteiger partial charge is 0.332 e. The molecule has 2 aromatic rings. The van der Waals surface area contributed by atoms with Gasteiger partial charge in [-0.25, -0.2) is 9.78 Å². The topological polar surface area (TPSA) is 151 Å². The molecule has 1 fully saturated rings. The summed E-state index contributed by atoms with van der Waals surface area (Å²) >= 11 is 0. The van der Waals surface area contributed by atoms with E-state index in [2.05, 4.69) is 15.2 Å². The van der Waals surface area contributed by atoms with Crippen molar-refractivity contribution in [2.24, 2.45) is 5.73 Å². The number of allylic oxidation sites excluding steroid dienone is 1. The van der Waals surface area contributed by atoms with Crippen LogP contribution in [0.5, 0.6) is 5.75 Å². The predicted molar refractivity (Wildman–Crippen MR) is 130 cm³/mol. The van der Waals surface area contributed by atoms with Crippen molar-refractivity contribution in [2.45, 2.75) is 32.0 Å². The van der Waals surface area contributed by atoms with Crippen molar-refractivity contribution < 1.29 is 24.2 Å². The third-order valence-electron chi connectivity index (χ3n) is 5.53. The number of anilines is 2. The highest BCUT2D eigenvalue weighted by molar-refractivity contribution is 6.04. The number of carbonyl (C=O) groups is 2. The Hall–Kier alpha value is -3.92. The average Bonchev–Trinajstić information content (AvgIpc) is 2.85. The number of methoxy groups -OCH3 is 1. The molecular weight excluding hydrogens is 438 g/mol. The minimum absolute atomic E-state index is 0.0889. The van der Waals surface area contributed by atoms with E-state index in [1.54, 1.807) is 31.2 Å². The molecule has 180 valence electrons. The zero-order valence-electron chi connectivity index (χ0n) is 19.2. The highest BCUT2D eigenvalue weighted by Crippen LogP contribution is 2.32. The second kappa shape index (κ2) is 11.3. The van der Waals surface area contributed by atoms with Crippen molar-refractivity contribution in [1.82, 2.24) is 4.98 Å². The van der Waals surface area contributed by atoms with Gasteiger partial charge >= 0.3 is 5.97 Å². The average molecular weight is 468 g/mol. The lowest BCUT2D eigenvalue weighted by molar-refractivity contribution is -0.153. The van der Waals surface area contributed by atoms with Crippen LogP contribution in [0.1, 0.15) is 35.9 Å². The van der Waals surface area contributed by atoms with Gasteiger partial charge in [0.2, 0.25) is 0 Å². The Morgan fingerprint density at radius 2 is 1.97 bits per heavy atom. The quantitative estimate of drug-likeness (QED) is 0.411. The van der Waals surface area contributed by atoms with Crippen LogP contribution in [-0.2, 0) is 9.53 Å². The fourth-order valence-corrected chi connectivity index (χ4v) is 3.66. The maximum absolute atomic E-state index is 12.8. The minimum atomic E-state index is -0.960. The van der Waals surface area contributed by atoms with Crippen LogP contribution >= 0.6 is 0 Å². The largest absolute Gasteiger partial charge is 0.494 e. The second-order valence-electron chi connectivity index (χ2n) is 7.84. The molecule has 0 radical (unpaired) electrons. The normalized spacial score (nSPS) is 15.5. The molecule has 3 rings (SSSR count). The molecule has 0 saturated carbocycles. The molecule has 5 N–H and O–H groups in total. The molecule has 2 heterocycles. The molecule has 1 aromatic heterocycles. The number of ether oxygens (including phenoxy) is 2. The Kier molecular flexibility index (Phi) is 8.20. The van der Waals surface area contributed by atoms with Crippen molar-refractivity contribution in [3.8, 4) is 5.75 Å². The standard InChI is InChI=1S/C24H29N5O5/c1-15(24(31)32)34-17-9-12-29(13-10-17)16-6-7-20(22(14-16)33-2)28-23(30)21-5-3-4-19(27-21)18(26)8-11-25/h3-8,11,14-15,17,25H,9-10,12-13,26H2,1-2H3,(H,28,30)(H,31,32)/t15-/m1/s1. The minimum Gasteiger partial charge on any atom is -0.494 e. The van der Waals surface area contributed by atoms with Crippen molar-refractivity contribution in [2.75, 3.05) is 30.4 Å². The summed E-state index contributed by atoms with van der Waals surface area (Å²) in [4.78, 5) is 30.2. The van der Waals surface area contributed by atoms with Gasteiger partial charge in [-0.05, 0) is 50.1 Å². The van der Waals surface area contributed by atoms with Gasteiger partial charge in [-0.15, -0.1) is 0 Å². The van der Waals surface area contributed by atoms with Crippen LogP contribution in [-0.4, -0.2) is 60.6 Å². The first kappa shape index (κ1) is 24.7. The van der Waals surface area contributed by atoms with Gasteiger partial charge < -0.3 is 35.9 Å². The molecule has 1 amide bonds. The molecule has 1 saturated heterocycles. The van der Waals surface area contributed by atoms with Gasteiger partial charge in [0, 0.05) is 31.1 Å². The van der Waals surface area contributed by atoms with Crippen molar-refractivity contribution >= 4 is 35.2 Å². The van der Waals surface area contributed by atoms with E-state index >= 15 is 0 Å². The lowest BCUT2D eigenvalue weighted by Crippen LogP contribution is -2.39. The summed E-state index contributed by atoms with van der Waals surface area (Å²) in [5, 5.41) is 19.0. The monoisotopic (exact) mass is 467 g/mol. The van der Waals surface area contributed by atoms with E-state index in [9.17, 15) is 9.59 Å². The number of nitrogens with two attached hydrogens (primary N) is 1. The van der Waals surface area contributed by atoms with Gasteiger partial charge in [0.25, 0.3) is 5.91 Å². The number of hydrogen-bond acceptors (Lipinski definition) is 8. The Labute approximate surface area is 197 Å². The van der Waals surface area contributed by atoms with E-state index in [4.69, 9.17) is 25.7 Å². The third-order valence-corrected chi connectivity index (χ3v) is 5.53. The number of rotatable bonds is 9. The van der Waals surface area contributed by atoms with Crippen LogP contribution in [0.15, 0.2) is 42.5 Å². The summed E-state index contributed by atoms with van der Waals surface area (Å²) in [7, 11) is 1.53. The maximum atomic E-state index is 12.8. The number of nitrogens with one attached hydrogen (secondary N) is 2. The molecule has 1 atom stereocenters. The number of carboxylic acid groups (broad SMARTS) is 1. The first-order valence-electron chi connectivity index (χ1n) is 10.9. The Morgan fingerprint density at radius 1 is 1.26 bits per heavy atom. The lowest BCUT2D eigenvalue weighted by atomic mass is 10.1. The van der Waals surface area contributed by atoms with Crippen LogP contribution in [0.4, 0.5) is 11.4 Å². The predicted octanol–water partition coefficient (Wildman–Crippen LogP) is 2.75. The third kappa shape index (κ3) is 6.10. The van der Waals surface area contributed by atoms with Crippen LogP contribution in [0.3, 0.4) is 0 Å². The molecular formula is C24H29N5O5. The van der Waals surface area contributed by atoms with Crippen molar-refractivity contribution in [1.29, 1.82) is 5.41 Å². The zero-order chi connectivity index (χ0) is 24.7. The molecule has 10 heteroatoms. The van der Waals surface area contributed by atoms with E-state index in [0.717, 1.165) is 24.7 Å². The summed E-state index contributed by atoms with van der Waals surface area (Å²) in [6.07, 6.45) is 2.98. The van der Waals surface area contributed by atoms with E-state index in [0.29, 0.717) is 30.2 Å². The van der Waals surface area contributed by atoms with Gasteiger partial charge in [0.05, 0.1) is 30.3 Å². The van der Waals surface area contributed by atoms with Gasteiger partial charge in [0.1, 0.15) is 11.4 Å². The number of nitrogens with zero attached hydrogens (tertiary/aromatic N) is 2. The van der Waals surface area contributed by atoms with Crippen molar-refractivity contribution in [3.63, 3.8) is 0 Å². The molecule has 1 aliphatic rings. The van der Waals surface area contributed by atoms with Gasteiger partial charge in [-0.1, -0.05) is 6.07 Å². The van der Waals surface area contributed by atoms with Gasteiger partial charge in [-0.3, -0.25) is 4.79 Å². The summed E-state index contributed by atoms with van der Waals surface area (Å²) in [5.74, 6) is -0.873. The molecule has 1 aliphatic heterocycles. The molecule has 1 aromatic carbocycles. The molecule has 10 nitrogen and oxygen atoms in total. The van der Waals surface area contributed by atoms with Crippen LogP contribution in [0, 0.1) is 5.41 Å². The second-order valence-corrected chi connectivity index (χ2v) is 7.84. The summed E-state index contributed by atoms with van der Waals surface area (Å²) in [6, 6.07) is 10.4. The van der Waals surface area contributed by atoms with Gasteiger partial charge in [-0.2, -0.15) is 0 Å². The maximum Gasteiger partial charge on any atom is 0.332 e. The van der Waals surface area contributed by atoms with E-state index in [1.807, 2.05) is 12.1 Å². The van der Waals surface area contributed by atoms with Crippen LogP contribution in [0.25, 0.3) is 5.70 Å². The molecule has 0 bridgehead atoms. The number of hydrogen-bond donors (Lipinski definition) is 4. The van der Waals surface area contributed by atoms with Gasteiger partial charge in [0.15, 0.2) is 6.10 Å². The number of carbonyl (C=O) groups excluding carboxylic acids is 1. The highest BCUT2D eigenvalue weighted by atomic mass is 16.5. The zero-order valence-corrected chi connectivity index (χ0v) is 19.2. The van der Waals surface area contributed by atoms with Crippen LogP contribution in [0.2, 0.25) is 0 Å². The number of piperidine rings is 1. The number of carboxylic acids is 1. The van der Waals surface area contributed by atoms with E-state index in [-0.39, 0.29) is 17.5 Å². The Morgan fingerprint density at radius 3 is 2.62 bits per heavy atom. The number of aliphatic carboxylic acids is 1. The summed E-state index contributed by atoms with van der Waals surface area (Å²) in [5.41, 5.74) is 8.18. The number of amides is 1. The number of benzene rings is 1. The number of aromatic nitrogens is 1. The van der Waals surface area contributed by atoms with Crippen LogP contribution < -0.4 is 20.7 Å². The summed E-state index contributed by atoms with van der Waals surface area (Å²) in [6.45, 7) is 2.97. The molecule has 34 heavy (non-hydrogen) atoms. The lowest BCUT2D eigenvalue weighted by Gasteiger charge is -2.34. The fourth-order valence-electron chi connectivity index (χ4n) is 3.66. The highest BCUT2D eigenvalue weighted by Gasteiger charge is 2.24. The summed E-state index contributed by atoms with van der Waals surface area (Å²) < 4.78 is 11.1. The fraction of sp³-hybridized carbons (Fsp3) is 0.333. The Bertz CT molecular complexity index is 1080. The first-order chi connectivity index (χ1) is 16.3. The first-order valence-corrected chi connectivity index (χ1v) is 10.9. The van der Waals surface area contributed by atoms with E-state index < -0.39 is 18.0 Å². The van der Waals surface area contributed by atoms with E-state index in [1.165, 1.54) is 13.2 Å². The van der Waals surface area contributed by atoms with Crippen molar-refractivity contribution in [3.05, 3.63) is 53.9 Å². The molecule has 0 aliphatic carbocycles. The molecule has 0 spiro atoms. The molecule has 0 unspecified atom stereocenters. The SMILES string of the molecule is COc1cc(N2CCC(O[C@H](C)C(=O)O)CC2)ccc1NC(=O)c1cccc(C(N)=CC=N)n1. The number of pyridine rings is 1. The Balaban J connectivity index is 1.67.